The lowest BCUT2D eigenvalue weighted by molar-refractivity contribution is 0.00578. The third-order valence-electron chi connectivity index (χ3n) is 15.3. The highest BCUT2D eigenvalue weighted by molar-refractivity contribution is 6.62. The summed E-state index contributed by atoms with van der Waals surface area (Å²) in [7, 11) is -0.504. The van der Waals surface area contributed by atoms with E-state index in [1.165, 1.54) is 0 Å². The number of fused-ring (bicyclic) bond motifs is 2. The number of amides is 2. The molecular formula is C62H68BClN12O6. The van der Waals surface area contributed by atoms with E-state index in [1.807, 2.05) is 111 Å². The van der Waals surface area contributed by atoms with Crippen LogP contribution in [-0.4, -0.2) is 111 Å². The molecule has 0 radical (unpaired) electrons. The number of hydrogen-bond acceptors (Lipinski definition) is 14. The van der Waals surface area contributed by atoms with Crippen molar-refractivity contribution in [1.29, 1.82) is 10.5 Å². The number of anilines is 4. The number of nitrogens with zero attached hydrogens (tertiary/aromatic N) is 10. The van der Waals surface area contributed by atoms with Crippen LogP contribution in [0.3, 0.4) is 0 Å². The Morgan fingerprint density at radius 1 is 0.610 bits per heavy atom. The normalized spacial score (nSPS) is 15.8. The van der Waals surface area contributed by atoms with Gasteiger partial charge < -0.3 is 48.0 Å². The first kappa shape index (κ1) is 58.5. The molecule has 2 N–H and O–H groups in total. The van der Waals surface area contributed by atoms with Crippen LogP contribution in [0.2, 0.25) is 5.02 Å². The number of pyridine rings is 4. The first-order chi connectivity index (χ1) is 39.1. The van der Waals surface area contributed by atoms with Gasteiger partial charge in [0.2, 0.25) is 0 Å². The number of rotatable bonds is 10. The Morgan fingerprint density at radius 3 is 1.57 bits per heavy atom. The van der Waals surface area contributed by atoms with Gasteiger partial charge in [-0.2, -0.15) is 10.5 Å². The van der Waals surface area contributed by atoms with Crippen molar-refractivity contribution in [3.63, 3.8) is 0 Å². The highest BCUT2D eigenvalue weighted by atomic mass is 35.5. The maximum Gasteiger partial charge on any atom is 0.495 e. The zero-order chi connectivity index (χ0) is 58.6. The van der Waals surface area contributed by atoms with Crippen LogP contribution in [0.15, 0.2) is 122 Å². The summed E-state index contributed by atoms with van der Waals surface area (Å²) in [5.41, 5.74) is 10.0. The van der Waals surface area contributed by atoms with Gasteiger partial charge in [-0.3, -0.25) is 19.6 Å². The molecule has 422 valence electrons. The molecule has 20 heteroatoms. The number of ether oxygens (including phenoxy) is 2. The second-order valence-corrected chi connectivity index (χ2v) is 23.0. The van der Waals surface area contributed by atoms with Crippen molar-refractivity contribution in [2.24, 2.45) is 0 Å². The number of morpholine rings is 2. The minimum atomic E-state index is -0.780. The van der Waals surface area contributed by atoms with Crippen LogP contribution in [-0.2, 0) is 29.6 Å². The fourth-order valence-electron chi connectivity index (χ4n) is 9.52. The molecule has 18 nitrogen and oxygen atoms in total. The molecular weight excluding hydrogens is 1060 g/mol. The summed E-state index contributed by atoms with van der Waals surface area (Å²) in [4.78, 5) is 47.9. The zero-order valence-electron chi connectivity index (χ0n) is 48.1. The standard InChI is InChI=1S/C28H28N6O2.C23H28BN3O3.C11H12ClN3O/c1-19-4-5-22(32-27(35)20-6-7-30-25(15-20)28(2,3)18-29)16-23(19)21-14-24(33-10-12-36-13-11-33)26-31-8-9-34(26)17-21;1-15-8-9-17(13-18(15)24-29-22(4,5)23(6,7)30-24)27-20(28)16-10-11-26-19(12-16)21(2,3)14-25;12-9-7-10(14-3-5-16-6-4-14)11-13-1-2-15(11)8-9/h4-9,14-17H,10-13H2,1-3H3,(H,32,35);8-13H,1-7H3,(H,27,28);1-2,7-8H,3-6H2. The van der Waals surface area contributed by atoms with Gasteiger partial charge in [-0.05, 0) is 146 Å². The van der Waals surface area contributed by atoms with Crippen LogP contribution < -0.4 is 25.9 Å². The van der Waals surface area contributed by atoms with Gasteiger partial charge in [0.25, 0.3) is 11.8 Å². The number of carbonyl (C=O) groups excluding carboxylic acids is 2. The first-order valence-electron chi connectivity index (χ1n) is 27.3. The molecule has 0 spiro atoms. The number of hydrogen-bond donors (Lipinski definition) is 2. The van der Waals surface area contributed by atoms with E-state index in [4.69, 9.17) is 30.4 Å². The van der Waals surface area contributed by atoms with Crippen molar-refractivity contribution in [3.05, 3.63) is 161 Å². The molecule has 82 heavy (non-hydrogen) atoms. The van der Waals surface area contributed by atoms with Gasteiger partial charge in [0, 0.05) is 104 Å². The summed E-state index contributed by atoms with van der Waals surface area (Å²) in [6.45, 7) is 25.5. The van der Waals surface area contributed by atoms with Crippen LogP contribution in [0.4, 0.5) is 22.7 Å². The molecule has 6 aromatic heterocycles. The maximum absolute atomic E-state index is 13.1. The lowest BCUT2D eigenvalue weighted by Gasteiger charge is -2.32. The van der Waals surface area contributed by atoms with Gasteiger partial charge >= 0.3 is 7.12 Å². The monoisotopic (exact) mass is 1120 g/mol. The number of nitriles is 2. The molecule has 3 aliphatic rings. The van der Waals surface area contributed by atoms with Gasteiger partial charge in [-0.15, -0.1) is 0 Å². The predicted octanol–water partition coefficient (Wildman–Crippen LogP) is 10.2. The Balaban J connectivity index is 0.000000158. The molecule has 0 saturated carbocycles. The molecule has 0 bridgehead atoms. The third kappa shape index (κ3) is 12.9. The van der Waals surface area contributed by atoms with E-state index >= 15 is 0 Å². The summed E-state index contributed by atoms with van der Waals surface area (Å²) in [6, 6.07) is 26.8. The average molecular weight is 1120 g/mol. The van der Waals surface area contributed by atoms with E-state index in [0.717, 1.165) is 94.8 Å². The number of nitrogens with one attached hydrogen (secondary N) is 2. The molecule has 8 aromatic rings. The summed E-state index contributed by atoms with van der Waals surface area (Å²) in [5.74, 6) is -0.516. The molecule has 3 fully saturated rings. The van der Waals surface area contributed by atoms with Gasteiger partial charge in [-0.1, -0.05) is 29.3 Å². The predicted molar refractivity (Wildman–Crippen MR) is 320 cm³/mol. The highest BCUT2D eigenvalue weighted by Gasteiger charge is 2.52. The fraction of sp³-hybridized carbons (Fsp3) is 0.355. The Labute approximate surface area is 484 Å². The van der Waals surface area contributed by atoms with Crippen LogP contribution >= 0.6 is 11.6 Å². The molecule has 0 unspecified atom stereocenters. The molecule has 0 aliphatic carbocycles. The third-order valence-corrected chi connectivity index (χ3v) is 15.5. The van der Waals surface area contributed by atoms with Crippen LogP contribution in [0.5, 0.6) is 0 Å². The SMILES string of the molecule is Cc1ccc(NC(=O)c2ccnc(C(C)(C)C#N)c2)cc1-c1cc(N2CCOCC2)c2nccn2c1.Cc1ccc(NC(=O)c2ccnc(C(C)(C)C#N)c2)cc1B1OC(C)(C)C(C)(C)O1.Clc1cc(N2CCOCC2)c2nccn2c1. The number of aromatic nitrogens is 6. The first-order valence-corrected chi connectivity index (χ1v) is 27.6. The van der Waals surface area contributed by atoms with E-state index in [-0.39, 0.29) is 11.8 Å². The second kappa shape index (κ2) is 24.1. The van der Waals surface area contributed by atoms with Crippen molar-refractivity contribution in [2.45, 2.75) is 91.3 Å². The second-order valence-electron chi connectivity index (χ2n) is 22.6. The summed E-state index contributed by atoms with van der Waals surface area (Å²) >= 11 is 6.09. The molecule has 2 aromatic carbocycles. The summed E-state index contributed by atoms with van der Waals surface area (Å²) in [5, 5.41) is 25.4. The van der Waals surface area contributed by atoms with E-state index in [2.05, 4.69) is 71.7 Å². The van der Waals surface area contributed by atoms with Crippen molar-refractivity contribution < 1.29 is 28.4 Å². The van der Waals surface area contributed by atoms with Crippen LogP contribution in [0.1, 0.15) is 98.6 Å². The summed E-state index contributed by atoms with van der Waals surface area (Å²) < 4.78 is 27.2. The molecule has 3 saturated heterocycles. The quantitative estimate of drug-likeness (QED) is 0.122. The van der Waals surface area contributed by atoms with Crippen molar-refractivity contribution in [1.82, 2.24) is 28.7 Å². The lowest BCUT2D eigenvalue weighted by Crippen LogP contribution is -2.41. The van der Waals surface area contributed by atoms with E-state index in [1.54, 1.807) is 70.6 Å². The summed E-state index contributed by atoms with van der Waals surface area (Å²) in [6.07, 6.45) is 14.5. The van der Waals surface area contributed by atoms with Gasteiger partial charge in [0.05, 0.1) is 88.4 Å². The van der Waals surface area contributed by atoms with Crippen LogP contribution in [0, 0.1) is 36.5 Å². The fourth-order valence-corrected chi connectivity index (χ4v) is 9.73. The Hall–Kier alpha value is -8.17. The topological polar surface area (TPSA) is 210 Å². The minimum absolute atomic E-state index is 0.249. The Morgan fingerprint density at radius 2 is 1.07 bits per heavy atom. The molecule has 11 rings (SSSR count). The van der Waals surface area contributed by atoms with E-state index in [0.29, 0.717) is 47.1 Å². The van der Waals surface area contributed by atoms with Crippen molar-refractivity contribution >= 4 is 70.0 Å². The maximum atomic E-state index is 13.1. The molecule has 0 atom stereocenters. The number of halogens is 1. The Bertz CT molecular complexity index is 3720. The average Bonchev–Trinajstić information content (AvgIpc) is 4.23. The van der Waals surface area contributed by atoms with Crippen molar-refractivity contribution in [2.75, 3.05) is 73.0 Å². The molecule has 3 aliphatic heterocycles. The number of benzene rings is 2. The Kier molecular flexibility index (Phi) is 17.2. The number of carbonyl (C=O) groups is 2. The largest absolute Gasteiger partial charge is 0.495 e. The minimum Gasteiger partial charge on any atom is -0.399 e. The van der Waals surface area contributed by atoms with Gasteiger partial charge in [0.15, 0.2) is 11.3 Å². The van der Waals surface area contributed by atoms with Gasteiger partial charge in [0.1, 0.15) is 0 Å². The zero-order valence-corrected chi connectivity index (χ0v) is 48.8. The van der Waals surface area contributed by atoms with E-state index < -0.39 is 29.2 Å². The van der Waals surface area contributed by atoms with E-state index in [9.17, 15) is 20.1 Å². The molecule has 2 amide bonds. The lowest BCUT2D eigenvalue weighted by atomic mass is 9.76. The highest BCUT2D eigenvalue weighted by Crippen LogP contribution is 2.37. The molecule has 9 heterocycles. The van der Waals surface area contributed by atoms with Gasteiger partial charge in [-0.25, -0.2) is 9.97 Å². The number of aryl methyl sites for hydroxylation is 2. The number of imidazole rings is 2. The smallest absolute Gasteiger partial charge is 0.399 e. The van der Waals surface area contributed by atoms with Crippen molar-refractivity contribution in [3.8, 4) is 23.3 Å². The van der Waals surface area contributed by atoms with Crippen LogP contribution in [0.25, 0.3) is 22.4 Å².